The summed E-state index contributed by atoms with van der Waals surface area (Å²) in [6.45, 7) is 3.35. The van der Waals surface area contributed by atoms with Crippen LogP contribution in [0.1, 0.15) is 66.9 Å². The molecule has 0 saturated carbocycles. The number of fused-ring (bicyclic) bond motifs is 1. The molecule has 0 saturated heterocycles. The van der Waals surface area contributed by atoms with E-state index >= 15 is 0 Å². The van der Waals surface area contributed by atoms with E-state index in [2.05, 4.69) is 22.4 Å². The van der Waals surface area contributed by atoms with Crippen LogP contribution < -0.4 is 14.9 Å². The maximum absolute atomic E-state index is 12.5. The van der Waals surface area contributed by atoms with Gasteiger partial charge in [0.1, 0.15) is 23.6 Å². The molecule has 0 aliphatic carbocycles. The minimum Gasteiger partial charge on any atom is -0.494 e. The third-order valence-corrected chi connectivity index (χ3v) is 6.23. The maximum Gasteiger partial charge on any atom is 0.271 e. The van der Waals surface area contributed by atoms with Gasteiger partial charge in [-0.05, 0) is 66.1 Å². The lowest BCUT2D eigenvalue weighted by molar-refractivity contribution is 0.0955. The summed E-state index contributed by atoms with van der Waals surface area (Å²) in [7, 11) is 0. The number of carbonyl (C=O) groups is 1. The zero-order chi connectivity index (χ0) is 26.4. The van der Waals surface area contributed by atoms with Gasteiger partial charge in [-0.2, -0.15) is 5.10 Å². The Morgan fingerprint density at radius 1 is 0.868 bits per heavy atom. The highest BCUT2D eigenvalue weighted by molar-refractivity contribution is 5.94. The normalized spacial score (nSPS) is 11.1. The number of hydrazone groups is 1. The Hall–Kier alpha value is -4.19. The van der Waals surface area contributed by atoms with Crippen LogP contribution in [0, 0.1) is 0 Å². The molecular formula is C32H35N3O3. The molecule has 0 bridgehead atoms. The third kappa shape index (κ3) is 8.17. The van der Waals surface area contributed by atoms with Crippen molar-refractivity contribution in [2.24, 2.45) is 5.10 Å². The van der Waals surface area contributed by atoms with Gasteiger partial charge in [0, 0.05) is 17.1 Å². The van der Waals surface area contributed by atoms with Crippen molar-refractivity contribution in [3.8, 4) is 11.5 Å². The van der Waals surface area contributed by atoms with E-state index in [9.17, 15) is 4.79 Å². The fourth-order valence-electron chi connectivity index (χ4n) is 4.06. The first-order valence-electron chi connectivity index (χ1n) is 13.3. The van der Waals surface area contributed by atoms with Gasteiger partial charge < -0.3 is 9.47 Å². The average Bonchev–Trinajstić information content (AvgIpc) is 2.96. The van der Waals surface area contributed by atoms with Gasteiger partial charge in [0.25, 0.3) is 5.91 Å². The fourth-order valence-corrected chi connectivity index (χ4v) is 4.06. The summed E-state index contributed by atoms with van der Waals surface area (Å²) in [5, 5.41) is 5.12. The first kappa shape index (κ1) is 26.9. The highest BCUT2D eigenvalue weighted by Crippen LogP contribution is 2.24. The Kier molecular flexibility index (Phi) is 10.3. The molecule has 1 N–H and O–H groups in total. The van der Waals surface area contributed by atoms with Crippen molar-refractivity contribution in [3.63, 3.8) is 0 Å². The predicted octanol–water partition coefficient (Wildman–Crippen LogP) is 7.32. The molecule has 1 amide bonds. The lowest BCUT2D eigenvalue weighted by Gasteiger charge is -2.09. The van der Waals surface area contributed by atoms with Crippen LogP contribution in [0.3, 0.4) is 0 Å². The second-order valence-corrected chi connectivity index (χ2v) is 9.20. The van der Waals surface area contributed by atoms with E-state index < -0.39 is 0 Å². The summed E-state index contributed by atoms with van der Waals surface area (Å²) in [6, 6.07) is 24.8. The van der Waals surface area contributed by atoms with E-state index in [-0.39, 0.29) is 5.91 Å². The van der Waals surface area contributed by atoms with Crippen LogP contribution >= 0.6 is 0 Å². The second kappa shape index (κ2) is 14.5. The summed E-state index contributed by atoms with van der Waals surface area (Å²) in [5.74, 6) is 1.31. The number of nitrogens with zero attached hydrogens (tertiary/aromatic N) is 2. The number of benzene rings is 3. The number of hydrogen-bond acceptors (Lipinski definition) is 5. The molecule has 196 valence electrons. The number of ether oxygens (including phenoxy) is 2. The first-order chi connectivity index (χ1) is 18.7. The Balaban J connectivity index is 1.19. The molecule has 0 atom stereocenters. The smallest absolute Gasteiger partial charge is 0.271 e. The van der Waals surface area contributed by atoms with Crippen molar-refractivity contribution >= 4 is 23.0 Å². The number of unbranched alkanes of at least 4 members (excludes halogenated alkanes) is 5. The van der Waals surface area contributed by atoms with Gasteiger partial charge >= 0.3 is 0 Å². The number of carbonyl (C=O) groups excluding carboxylic acids is 1. The topological polar surface area (TPSA) is 72.8 Å². The lowest BCUT2D eigenvalue weighted by atomic mass is 10.1. The molecule has 0 radical (unpaired) electrons. The standard InChI is InChI=1S/C32H35N3O3/c1-2-3-4-5-6-7-22-37-29-19-15-25(16-20-29)23-34-35-32(36)28-17-13-26(14-18-28)24-38-30-12-8-10-27-11-9-21-33-31(27)30/h8-21,23H,2-7,22,24H2,1H3,(H,35,36). The van der Waals surface area contributed by atoms with Crippen molar-refractivity contribution in [2.75, 3.05) is 6.61 Å². The van der Waals surface area contributed by atoms with Gasteiger partial charge in [-0.15, -0.1) is 0 Å². The number of rotatable bonds is 14. The molecule has 3 aromatic carbocycles. The monoisotopic (exact) mass is 509 g/mol. The van der Waals surface area contributed by atoms with Crippen LogP contribution in [0.4, 0.5) is 0 Å². The highest BCUT2D eigenvalue weighted by atomic mass is 16.5. The number of hydrogen-bond donors (Lipinski definition) is 1. The molecule has 1 heterocycles. The van der Waals surface area contributed by atoms with Crippen molar-refractivity contribution in [1.29, 1.82) is 0 Å². The Morgan fingerprint density at radius 3 is 2.45 bits per heavy atom. The van der Waals surface area contributed by atoms with Gasteiger partial charge in [-0.25, -0.2) is 5.43 Å². The van der Waals surface area contributed by atoms with Gasteiger partial charge in [0.15, 0.2) is 0 Å². The SMILES string of the molecule is CCCCCCCCOc1ccc(C=NNC(=O)c2ccc(COc3cccc4cccnc34)cc2)cc1. The molecule has 1 aromatic heterocycles. The molecule has 0 aliphatic rings. The summed E-state index contributed by atoms with van der Waals surface area (Å²) < 4.78 is 11.8. The average molecular weight is 510 g/mol. The van der Waals surface area contributed by atoms with Gasteiger partial charge in [-0.1, -0.05) is 69.4 Å². The molecule has 4 rings (SSSR count). The minimum absolute atomic E-state index is 0.272. The van der Waals surface area contributed by atoms with Crippen LogP contribution in [-0.4, -0.2) is 23.7 Å². The molecule has 6 nitrogen and oxygen atoms in total. The van der Waals surface area contributed by atoms with Crippen molar-refractivity contribution in [2.45, 2.75) is 52.1 Å². The molecule has 0 fully saturated rings. The Labute approximate surface area is 224 Å². The van der Waals surface area contributed by atoms with E-state index in [4.69, 9.17) is 9.47 Å². The number of amides is 1. The Morgan fingerprint density at radius 2 is 1.63 bits per heavy atom. The van der Waals surface area contributed by atoms with Gasteiger partial charge in [-0.3, -0.25) is 9.78 Å². The van der Waals surface area contributed by atoms with Crippen LogP contribution in [-0.2, 0) is 6.61 Å². The molecule has 0 unspecified atom stereocenters. The lowest BCUT2D eigenvalue weighted by Crippen LogP contribution is -2.17. The van der Waals surface area contributed by atoms with E-state index in [1.165, 1.54) is 32.1 Å². The summed E-state index contributed by atoms with van der Waals surface area (Å²) in [4.78, 5) is 16.9. The molecule has 38 heavy (non-hydrogen) atoms. The van der Waals surface area contributed by atoms with E-state index in [0.717, 1.165) is 46.6 Å². The molecular weight excluding hydrogens is 474 g/mol. The number of aromatic nitrogens is 1. The van der Waals surface area contributed by atoms with Crippen LogP contribution in [0.2, 0.25) is 0 Å². The molecule has 0 aliphatic heterocycles. The largest absolute Gasteiger partial charge is 0.494 e. The van der Waals surface area contributed by atoms with Crippen LogP contribution in [0.15, 0.2) is 90.2 Å². The molecule has 0 spiro atoms. The highest BCUT2D eigenvalue weighted by Gasteiger charge is 2.06. The summed E-state index contributed by atoms with van der Waals surface area (Å²) >= 11 is 0. The van der Waals surface area contributed by atoms with E-state index in [1.807, 2.05) is 66.7 Å². The maximum atomic E-state index is 12.5. The number of pyridine rings is 1. The number of para-hydroxylation sites is 1. The molecule has 6 heteroatoms. The quantitative estimate of drug-likeness (QED) is 0.110. The molecule has 4 aromatic rings. The van der Waals surface area contributed by atoms with Crippen molar-refractivity contribution in [3.05, 3.63) is 102 Å². The predicted molar refractivity (Wildman–Crippen MR) is 153 cm³/mol. The van der Waals surface area contributed by atoms with E-state index in [1.54, 1.807) is 24.5 Å². The zero-order valence-electron chi connectivity index (χ0n) is 21.9. The minimum atomic E-state index is -0.272. The summed E-state index contributed by atoms with van der Waals surface area (Å²) in [5.41, 5.74) is 5.78. The third-order valence-electron chi connectivity index (χ3n) is 6.23. The van der Waals surface area contributed by atoms with Gasteiger partial charge in [0.2, 0.25) is 0 Å². The van der Waals surface area contributed by atoms with Gasteiger partial charge in [0.05, 0.1) is 12.8 Å². The Bertz CT molecular complexity index is 1310. The van der Waals surface area contributed by atoms with E-state index in [0.29, 0.717) is 12.2 Å². The van der Waals surface area contributed by atoms with Crippen molar-refractivity contribution < 1.29 is 14.3 Å². The van der Waals surface area contributed by atoms with Crippen molar-refractivity contribution in [1.82, 2.24) is 10.4 Å². The number of nitrogens with one attached hydrogen (secondary N) is 1. The summed E-state index contributed by atoms with van der Waals surface area (Å²) in [6.07, 6.45) is 10.8. The second-order valence-electron chi connectivity index (χ2n) is 9.20. The first-order valence-corrected chi connectivity index (χ1v) is 13.3. The van der Waals surface area contributed by atoms with Crippen LogP contribution in [0.25, 0.3) is 10.9 Å². The fraction of sp³-hybridized carbons (Fsp3) is 0.281. The van der Waals surface area contributed by atoms with Crippen LogP contribution in [0.5, 0.6) is 11.5 Å². The zero-order valence-corrected chi connectivity index (χ0v) is 21.9.